The zero-order valence-corrected chi connectivity index (χ0v) is 10.8. The zero-order valence-electron chi connectivity index (χ0n) is 10.8. The normalized spacial score (nSPS) is 10.4. The lowest BCUT2D eigenvalue weighted by Gasteiger charge is -2.01. The quantitative estimate of drug-likeness (QED) is 0.574. The van der Waals surface area contributed by atoms with E-state index in [1.165, 1.54) is 19.3 Å². The molecule has 0 saturated heterocycles. The smallest absolute Gasteiger partial charge is 0.276 e. The number of hydrogen-bond donors (Lipinski definition) is 3. The Bertz CT molecular complexity index is 633. The van der Waals surface area contributed by atoms with Gasteiger partial charge in [-0.25, -0.2) is 5.43 Å². The fraction of sp³-hybridized carbons (Fsp3) is 0.0769. The molecule has 0 aliphatic rings. The summed E-state index contributed by atoms with van der Waals surface area (Å²) in [5, 5.41) is 12.6. The molecule has 0 unspecified atom stereocenters. The molecule has 2 amide bonds. The molecule has 20 heavy (non-hydrogen) atoms. The van der Waals surface area contributed by atoms with Crippen molar-refractivity contribution in [3.63, 3.8) is 0 Å². The minimum absolute atomic E-state index is 0.213. The van der Waals surface area contributed by atoms with Crippen LogP contribution in [0.4, 0.5) is 5.82 Å². The molecule has 3 N–H and O–H groups in total. The van der Waals surface area contributed by atoms with Gasteiger partial charge in [0.1, 0.15) is 11.4 Å². The van der Waals surface area contributed by atoms with Crippen molar-refractivity contribution in [1.29, 1.82) is 0 Å². The van der Waals surface area contributed by atoms with Gasteiger partial charge in [0.05, 0.1) is 12.4 Å². The molecular weight excluding hydrogens is 258 g/mol. The second kappa shape index (κ2) is 6.28. The molecule has 0 fully saturated rings. The monoisotopic (exact) mass is 271 g/mol. The van der Waals surface area contributed by atoms with E-state index in [4.69, 9.17) is 0 Å². The molecule has 0 radical (unpaired) electrons. The lowest BCUT2D eigenvalue weighted by atomic mass is 10.2. The molecule has 102 valence electrons. The van der Waals surface area contributed by atoms with Crippen LogP contribution in [0.15, 0.2) is 41.6 Å². The molecule has 0 saturated carbocycles. The molecule has 1 aromatic carbocycles. The van der Waals surface area contributed by atoms with Crippen molar-refractivity contribution < 1.29 is 9.59 Å². The van der Waals surface area contributed by atoms with E-state index in [0.717, 1.165) is 5.56 Å². The number of carbonyl (C=O) groups excluding carboxylic acids is 2. The van der Waals surface area contributed by atoms with Gasteiger partial charge in [0.15, 0.2) is 0 Å². The van der Waals surface area contributed by atoms with Crippen LogP contribution < -0.4 is 10.7 Å². The standard InChI is InChI=1S/C13H13N5O2/c1-9(19)16-12-11(8-15-17-12)13(20)18-14-7-10-5-3-2-4-6-10/h2-8H,1H3,(H,18,20)(H2,15,16,17,19)/b14-7+. The third kappa shape index (κ3) is 3.52. The topological polar surface area (TPSA) is 99.2 Å². The summed E-state index contributed by atoms with van der Waals surface area (Å²) in [5.74, 6) is -0.518. The first-order chi connectivity index (χ1) is 9.66. The number of rotatable bonds is 4. The number of amides is 2. The summed E-state index contributed by atoms with van der Waals surface area (Å²) in [5.41, 5.74) is 3.44. The summed E-state index contributed by atoms with van der Waals surface area (Å²) in [4.78, 5) is 22.8. The average Bonchev–Trinajstić information content (AvgIpc) is 2.87. The van der Waals surface area contributed by atoms with Gasteiger partial charge in [0.25, 0.3) is 5.91 Å². The number of hydrogen-bond acceptors (Lipinski definition) is 4. The first-order valence-electron chi connectivity index (χ1n) is 5.86. The minimum atomic E-state index is -0.463. The van der Waals surface area contributed by atoms with Gasteiger partial charge in [-0.2, -0.15) is 10.2 Å². The van der Waals surface area contributed by atoms with Crippen molar-refractivity contribution in [1.82, 2.24) is 15.6 Å². The number of H-pyrrole nitrogens is 1. The van der Waals surface area contributed by atoms with Crippen molar-refractivity contribution >= 4 is 23.8 Å². The Balaban J connectivity index is 2.00. The van der Waals surface area contributed by atoms with E-state index in [9.17, 15) is 9.59 Å². The molecule has 0 aliphatic heterocycles. The SMILES string of the molecule is CC(=O)Nc1[nH]ncc1C(=O)N/N=C/c1ccccc1. The van der Waals surface area contributed by atoms with Crippen LogP contribution >= 0.6 is 0 Å². The summed E-state index contributed by atoms with van der Waals surface area (Å²) in [6.45, 7) is 1.34. The summed E-state index contributed by atoms with van der Waals surface area (Å²) in [6, 6.07) is 9.34. The van der Waals surface area contributed by atoms with E-state index in [0.29, 0.717) is 0 Å². The molecule has 0 aliphatic carbocycles. The van der Waals surface area contributed by atoms with Crippen LogP contribution in [0.3, 0.4) is 0 Å². The highest BCUT2D eigenvalue weighted by Crippen LogP contribution is 2.10. The molecule has 2 aromatic rings. The Kier molecular flexibility index (Phi) is 4.23. The van der Waals surface area contributed by atoms with Gasteiger partial charge in [0.2, 0.25) is 5.91 Å². The fourth-order valence-corrected chi connectivity index (χ4v) is 1.49. The summed E-state index contributed by atoms with van der Waals surface area (Å²) in [6.07, 6.45) is 2.84. The van der Waals surface area contributed by atoms with Gasteiger partial charge in [-0.3, -0.25) is 14.7 Å². The number of aromatic nitrogens is 2. The molecule has 7 nitrogen and oxygen atoms in total. The lowest BCUT2D eigenvalue weighted by molar-refractivity contribution is -0.114. The first kappa shape index (κ1) is 13.5. The Morgan fingerprint density at radius 2 is 2.05 bits per heavy atom. The van der Waals surface area contributed by atoms with E-state index in [-0.39, 0.29) is 17.3 Å². The van der Waals surface area contributed by atoms with Gasteiger partial charge in [-0.1, -0.05) is 30.3 Å². The number of benzene rings is 1. The minimum Gasteiger partial charge on any atom is -0.311 e. The highest BCUT2D eigenvalue weighted by molar-refractivity contribution is 6.02. The Hall–Kier alpha value is -2.96. The second-order valence-electron chi connectivity index (χ2n) is 3.95. The van der Waals surface area contributed by atoms with E-state index in [1.807, 2.05) is 30.3 Å². The molecule has 1 heterocycles. The van der Waals surface area contributed by atoms with Crippen LogP contribution in [0.25, 0.3) is 0 Å². The fourth-order valence-electron chi connectivity index (χ4n) is 1.49. The molecule has 2 rings (SSSR count). The predicted octanol–water partition coefficient (Wildman–Crippen LogP) is 1.13. The van der Waals surface area contributed by atoms with Crippen LogP contribution in [0.5, 0.6) is 0 Å². The van der Waals surface area contributed by atoms with Gasteiger partial charge < -0.3 is 5.32 Å². The average molecular weight is 271 g/mol. The van der Waals surface area contributed by atoms with Crippen LogP contribution in [0.1, 0.15) is 22.8 Å². The maximum Gasteiger partial charge on any atom is 0.276 e. The molecule has 7 heteroatoms. The number of hydrazone groups is 1. The zero-order chi connectivity index (χ0) is 14.4. The molecule has 0 bridgehead atoms. The van der Waals surface area contributed by atoms with E-state index in [1.54, 1.807) is 0 Å². The Morgan fingerprint density at radius 3 is 2.75 bits per heavy atom. The van der Waals surface area contributed by atoms with Crippen molar-refractivity contribution in [2.24, 2.45) is 5.10 Å². The van der Waals surface area contributed by atoms with Crippen LogP contribution in [0.2, 0.25) is 0 Å². The number of aromatic amines is 1. The summed E-state index contributed by atoms with van der Waals surface area (Å²) < 4.78 is 0. The first-order valence-corrected chi connectivity index (χ1v) is 5.86. The van der Waals surface area contributed by atoms with Gasteiger partial charge in [-0.15, -0.1) is 0 Å². The van der Waals surface area contributed by atoms with Crippen LogP contribution in [0, 0.1) is 0 Å². The molecule has 0 spiro atoms. The third-order valence-electron chi connectivity index (χ3n) is 2.36. The predicted molar refractivity (Wildman–Crippen MR) is 74.4 cm³/mol. The maximum absolute atomic E-state index is 11.9. The van der Waals surface area contributed by atoms with Crippen molar-refractivity contribution in [3.8, 4) is 0 Å². The highest BCUT2D eigenvalue weighted by Gasteiger charge is 2.13. The maximum atomic E-state index is 11.9. The Morgan fingerprint density at radius 1 is 1.30 bits per heavy atom. The Labute approximate surface area is 115 Å². The summed E-state index contributed by atoms with van der Waals surface area (Å²) >= 11 is 0. The van der Waals surface area contributed by atoms with E-state index < -0.39 is 5.91 Å². The second-order valence-corrected chi connectivity index (χ2v) is 3.95. The van der Waals surface area contributed by atoms with Gasteiger partial charge in [-0.05, 0) is 5.56 Å². The summed E-state index contributed by atoms with van der Waals surface area (Å²) in [7, 11) is 0. The largest absolute Gasteiger partial charge is 0.311 e. The van der Waals surface area contributed by atoms with Crippen molar-refractivity contribution in [2.75, 3.05) is 5.32 Å². The van der Waals surface area contributed by atoms with Gasteiger partial charge in [0, 0.05) is 6.92 Å². The van der Waals surface area contributed by atoms with Crippen molar-refractivity contribution in [3.05, 3.63) is 47.7 Å². The number of anilines is 1. The number of carbonyl (C=O) groups is 2. The number of nitrogens with zero attached hydrogens (tertiary/aromatic N) is 2. The van der Waals surface area contributed by atoms with Crippen molar-refractivity contribution in [2.45, 2.75) is 6.92 Å². The third-order valence-corrected chi connectivity index (χ3v) is 2.36. The molecule has 0 atom stereocenters. The molecular formula is C13H13N5O2. The van der Waals surface area contributed by atoms with Crippen LogP contribution in [-0.2, 0) is 4.79 Å². The molecule has 1 aromatic heterocycles. The number of nitrogens with one attached hydrogen (secondary N) is 3. The van der Waals surface area contributed by atoms with Crippen LogP contribution in [-0.4, -0.2) is 28.2 Å². The van der Waals surface area contributed by atoms with E-state index >= 15 is 0 Å². The van der Waals surface area contributed by atoms with Gasteiger partial charge >= 0.3 is 0 Å². The lowest BCUT2D eigenvalue weighted by Crippen LogP contribution is -2.19. The highest BCUT2D eigenvalue weighted by atomic mass is 16.2. The van der Waals surface area contributed by atoms with E-state index in [2.05, 4.69) is 26.0 Å².